The third kappa shape index (κ3) is 4.92. The molecule has 0 aliphatic heterocycles. The van der Waals surface area contributed by atoms with Gasteiger partial charge in [-0.3, -0.25) is 0 Å². The lowest BCUT2D eigenvalue weighted by Gasteiger charge is -2.12. The molecule has 0 radical (unpaired) electrons. The lowest BCUT2D eigenvalue weighted by atomic mass is 10.1. The first-order valence-corrected chi connectivity index (χ1v) is 10.2. The smallest absolute Gasteiger partial charge is 0.120 e. The number of halogens is 2. The number of hydrogen-bond donors (Lipinski definition) is 0. The Morgan fingerprint density at radius 1 is 1.12 bits per heavy atom. The van der Waals surface area contributed by atoms with E-state index in [4.69, 9.17) is 16.3 Å². The second-order valence-electron chi connectivity index (χ2n) is 5.54. The Hall–Kier alpha value is -1.16. The molecule has 0 saturated heterocycles. The molecule has 2 aromatic carbocycles. The van der Waals surface area contributed by atoms with Crippen LogP contribution in [0, 0.1) is 0 Å². The van der Waals surface area contributed by atoms with Crippen LogP contribution >= 0.6 is 39.3 Å². The van der Waals surface area contributed by atoms with Crippen molar-refractivity contribution in [3.05, 3.63) is 76.9 Å². The third-order valence-corrected chi connectivity index (χ3v) is 5.67. The lowest BCUT2D eigenvalue weighted by Crippen LogP contribution is -2.02. The fourth-order valence-corrected chi connectivity index (χ4v) is 4.28. The minimum absolute atomic E-state index is 0.657. The van der Waals surface area contributed by atoms with Gasteiger partial charge in [0.05, 0.1) is 0 Å². The van der Waals surface area contributed by atoms with Gasteiger partial charge in [-0.15, -0.1) is 0 Å². The highest BCUT2D eigenvalue weighted by molar-refractivity contribution is 9.08. The summed E-state index contributed by atoms with van der Waals surface area (Å²) in [5.41, 5.74) is 2.45. The van der Waals surface area contributed by atoms with E-state index in [-0.39, 0.29) is 0 Å². The number of hydrogen-bond acceptors (Lipinski definition) is 2. The zero-order valence-corrected chi connectivity index (χ0v) is 16.3. The van der Waals surface area contributed by atoms with Crippen LogP contribution in [-0.4, -0.2) is 6.61 Å². The van der Waals surface area contributed by atoms with E-state index in [2.05, 4.69) is 58.4 Å². The predicted molar refractivity (Wildman–Crippen MR) is 107 cm³/mol. The van der Waals surface area contributed by atoms with Gasteiger partial charge < -0.3 is 4.74 Å². The number of rotatable bonds is 6. The SMILES string of the molecule is Clc1cc(Sc2cccc(OCC3=CC=CCC3)c2)ccc1CBr. The summed E-state index contributed by atoms with van der Waals surface area (Å²) in [7, 11) is 0. The fraction of sp³-hybridized carbons (Fsp3) is 0.200. The second-order valence-corrected chi connectivity index (χ2v) is 7.66. The minimum Gasteiger partial charge on any atom is -0.489 e. The predicted octanol–water partition coefficient (Wildman–Crippen LogP) is 7.04. The average molecular weight is 422 g/mol. The van der Waals surface area contributed by atoms with Gasteiger partial charge in [0.2, 0.25) is 0 Å². The lowest BCUT2D eigenvalue weighted by molar-refractivity contribution is 0.346. The third-order valence-electron chi connectivity index (χ3n) is 3.73. The van der Waals surface area contributed by atoms with E-state index in [1.807, 2.05) is 18.2 Å². The standard InChI is InChI=1S/C20H18BrClOS/c21-13-16-9-10-19(12-20(16)22)24-18-8-4-7-17(11-18)23-14-15-5-2-1-3-6-15/h1-2,4-5,7-12H,3,6,13-14H2. The Morgan fingerprint density at radius 3 is 2.75 bits per heavy atom. The summed E-state index contributed by atoms with van der Waals surface area (Å²) >= 11 is 11.4. The largest absolute Gasteiger partial charge is 0.489 e. The first-order valence-electron chi connectivity index (χ1n) is 7.84. The van der Waals surface area contributed by atoms with Crippen molar-refractivity contribution in [2.75, 3.05) is 6.61 Å². The van der Waals surface area contributed by atoms with Crippen molar-refractivity contribution in [1.82, 2.24) is 0 Å². The van der Waals surface area contributed by atoms with Gasteiger partial charge in [-0.05, 0) is 54.3 Å². The van der Waals surface area contributed by atoms with Gasteiger partial charge in [-0.25, -0.2) is 0 Å². The highest BCUT2D eigenvalue weighted by atomic mass is 79.9. The monoisotopic (exact) mass is 420 g/mol. The summed E-state index contributed by atoms with van der Waals surface area (Å²) in [5, 5.41) is 1.56. The molecule has 0 heterocycles. The zero-order valence-electron chi connectivity index (χ0n) is 13.2. The first kappa shape index (κ1) is 17.7. The highest BCUT2D eigenvalue weighted by Gasteiger charge is 2.05. The minimum atomic E-state index is 0.657. The van der Waals surface area contributed by atoms with Crippen molar-refractivity contribution < 1.29 is 4.74 Å². The Bertz CT molecular complexity index is 770. The van der Waals surface area contributed by atoms with Crippen molar-refractivity contribution in [2.45, 2.75) is 28.0 Å². The molecule has 3 rings (SSSR count). The van der Waals surface area contributed by atoms with Crippen LogP contribution in [0.15, 0.2) is 76.1 Å². The maximum Gasteiger partial charge on any atom is 0.120 e. The van der Waals surface area contributed by atoms with Crippen molar-refractivity contribution in [1.29, 1.82) is 0 Å². The Kier molecular flexibility index (Phi) is 6.47. The molecular formula is C20H18BrClOS. The Morgan fingerprint density at radius 2 is 2.00 bits per heavy atom. The number of alkyl halides is 1. The molecule has 0 bridgehead atoms. The molecule has 0 unspecified atom stereocenters. The molecule has 1 aliphatic rings. The molecule has 0 spiro atoms. The number of ether oxygens (including phenoxy) is 1. The van der Waals surface area contributed by atoms with Crippen molar-refractivity contribution in [2.24, 2.45) is 0 Å². The summed E-state index contributed by atoms with van der Waals surface area (Å²) in [6.07, 6.45) is 8.64. The maximum absolute atomic E-state index is 6.28. The second kappa shape index (κ2) is 8.80. The van der Waals surface area contributed by atoms with Gasteiger partial charge in [-0.1, -0.05) is 69.7 Å². The summed E-state index contributed by atoms with van der Waals surface area (Å²) < 4.78 is 5.94. The Labute approximate surface area is 160 Å². The van der Waals surface area contributed by atoms with Gasteiger partial charge in [0, 0.05) is 20.1 Å². The molecular weight excluding hydrogens is 404 g/mol. The van der Waals surface area contributed by atoms with Crippen LogP contribution < -0.4 is 4.74 Å². The molecule has 1 nitrogen and oxygen atoms in total. The van der Waals surface area contributed by atoms with E-state index in [1.54, 1.807) is 11.8 Å². The van der Waals surface area contributed by atoms with E-state index in [0.29, 0.717) is 6.61 Å². The average Bonchev–Trinajstić information content (AvgIpc) is 2.61. The fourth-order valence-electron chi connectivity index (χ4n) is 2.41. The highest BCUT2D eigenvalue weighted by Crippen LogP contribution is 2.33. The van der Waals surface area contributed by atoms with E-state index >= 15 is 0 Å². The molecule has 0 N–H and O–H groups in total. The first-order chi connectivity index (χ1) is 11.7. The van der Waals surface area contributed by atoms with E-state index in [1.165, 1.54) is 5.57 Å². The molecule has 4 heteroatoms. The topological polar surface area (TPSA) is 9.23 Å². The van der Waals surface area contributed by atoms with E-state index in [9.17, 15) is 0 Å². The van der Waals surface area contributed by atoms with Crippen LogP contribution in [0.3, 0.4) is 0 Å². The zero-order chi connectivity index (χ0) is 16.8. The summed E-state index contributed by atoms with van der Waals surface area (Å²) in [5.74, 6) is 0.902. The van der Waals surface area contributed by atoms with Crippen LogP contribution in [0.2, 0.25) is 5.02 Å². The molecule has 0 fully saturated rings. The molecule has 124 valence electrons. The summed E-state index contributed by atoms with van der Waals surface area (Å²) in [6.45, 7) is 0.657. The summed E-state index contributed by atoms with van der Waals surface area (Å²) in [6, 6.07) is 14.4. The number of benzene rings is 2. The van der Waals surface area contributed by atoms with Crippen LogP contribution in [0.4, 0.5) is 0 Å². The maximum atomic E-state index is 6.28. The molecule has 0 atom stereocenters. The molecule has 24 heavy (non-hydrogen) atoms. The quantitative estimate of drug-likeness (QED) is 0.462. The molecule has 2 aromatic rings. The van der Waals surface area contributed by atoms with Gasteiger partial charge >= 0.3 is 0 Å². The molecule has 0 saturated carbocycles. The molecule has 0 amide bonds. The van der Waals surface area contributed by atoms with E-state index in [0.717, 1.165) is 44.3 Å². The number of allylic oxidation sites excluding steroid dienone is 3. The van der Waals surface area contributed by atoms with Gasteiger partial charge in [-0.2, -0.15) is 0 Å². The van der Waals surface area contributed by atoms with E-state index < -0.39 is 0 Å². The normalized spacial score (nSPS) is 13.7. The van der Waals surface area contributed by atoms with Crippen LogP contribution in [0.25, 0.3) is 0 Å². The molecule has 1 aliphatic carbocycles. The van der Waals surface area contributed by atoms with Crippen LogP contribution in [-0.2, 0) is 5.33 Å². The van der Waals surface area contributed by atoms with Crippen molar-refractivity contribution >= 4 is 39.3 Å². The van der Waals surface area contributed by atoms with Gasteiger partial charge in [0.25, 0.3) is 0 Å². The summed E-state index contributed by atoms with van der Waals surface area (Å²) in [4.78, 5) is 2.27. The van der Waals surface area contributed by atoms with Gasteiger partial charge in [0.15, 0.2) is 0 Å². The van der Waals surface area contributed by atoms with Gasteiger partial charge in [0.1, 0.15) is 12.4 Å². The molecule has 0 aromatic heterocycles. The van der Waals surface area contributed by atoms with Crippen molar-refractivity contribution in [3.63, 3.8) is 0 Å². The Balaban J connectivity index is 1.65. The van der Waals surface area contributed by atoms with Crippen molar-refractivity contribution in [3.8, 4) is 5.75 Å². The van der Waals surface area contributed by atoms with Crippen LogP contribution in [0.1, 0.15) is 18.4 Å². The van der Waals surface area contributed by atoms with Crippen LogP contribution in [0.5, 0.6) is 5.75 Å².